The van der Waals surface area contributed by atoms with Gasteiger partial charge in [-0.05, 0) is 30.2 Å². The van der Waals surface area contributed by atoms with E-state index in [1.165, 1.54) is 11.1 Å². The van der Waals surface area contributed by atoms with Gasteiger partial charge in [0.2, 0.25) is 0 Å². The number of hydrogen-bond acceptors (Lipinski definition) is 2. The molecule has 0 aliphatic rings. The fraction of sp³-hybridized carbons (Fsp3) is 0.240. The lowest BCUT2D eigenvalue weighted by atomic mass is 9.98. The molecule has 4 heteroatoms. The molecular weight excluding hydrogens is 360 g/mol. The van der Waals surface area contributed by atoms with Gasteiger partial charge in [0, 0.05) is 5.56 Å². The molecule has 0 radical (unpaired) electrons. The van der Waals surface area contributed by atoms with E-state index in [1.807, 2.05) is 61.6 Å². The van der Waals surface area contributed by atoms with Gasteiger partial charge in [0.05, 0.1) is 20.2 Å². The van der Waals surface area contributed by atoms with Crippen molar-refractivity contribution >= 4 is 5.91 Å². The van der Waals surface area contributed by atoms with Gasteiger partial charge in [-0.2, -0.15) is 0 Å². The maximum Gasteiger partial charge on any atom is 0.275 e. The number of quaternary nitrogens is 1. The lowest BCUT2D eigenvalue weighted by Crippen LogP contribution is -3.08. The molecule has 3 rings (SSSR count). The summed E-state index contributed by atoms with van der Waals surface area (Å²) in [4.78, 5) is 14.0. The zero-order valence-corrected chi connectivity index (χ0v) is 17.3. The van der Waals surface area contributed by atoms with Crippen molar-refractivity contribution in [1.82, 2.24) is 5.32 Å². The van der Waals surface area contributed by atoms with Gasteiger partial charge in [-0.25, -0.2) is 0 Å². The van der Waals surface area contributed by atoms with Gasteiger partial charge >= 0.3 is 0 Å². The first-order valence-electron chi connectivity index (χ1n) is 9.90. The van der Waals surface area contributed by atoms with Crippen molar-refractivity contribution in [3.05, 3.63) is 101 Å². The third-order valence-electron chi connectivity index (χ3n) is 4.98. The van der Waals surface area contributed by atoms with Crippen LogP contribution in [0.1, 0.15) is 28.3 Å². The van der Waals surface area contributed by atoms with E-state index in [0.29, 0.717) is 6.54 Å². The molecule has 1 unspecified atom stereocenters. The van der Waals surface area contributed by atoms with E-state index in [2.05, 4.69) is 36.5 Å². The Morgan fingerprint density at radius 2 is 1.55 bits per heavy atom. The third kappa shape index (κ3) is 5.93. The molecule has 0 aromatic heterocycles. The summed E-state index contributed by atoms with van der Waals surface area (Å²) in [5, 5.41) is 3.21. The minimum absolute atomic E-state index is 0.0271. The fourth-order valence-electron chi connectivity index (χ4n) is 3.40. The van der Waals surface area contributed by atoms with E-state index >= 15 is 0 Å². The number of ether oxygens (including phenoxy) is 1. The third-order valence-corrected chi connectivity index (χ3v) is 4.98. The van der Waals surface area contributed by atoms with Crippen LogP contribution in [0.15, 0.2) is 78.9 Å². The van der Waals surface area contributed by atoms with Gasteiger partial charge in [-0.15, -0.1) is 0 Å². The standard InChI is InChI=1S/C25H28N2O2/c1-19-9-11-20(12-10-19)17-27(2)18-24(28)26-25(21-7-5-4-6-8-21)22-13-15-23(29-3)16-14-22/h4-16,25H,17-18H2,1-3H3,(H,26,28)/p+1/t25-/m1/s1. The minimum atomic E-state index is -0.193. The Balaban J connectivity index is 1.69. The first-order valence-corrected chi connectivity index (χ1v) is 9.90. The Morgan fingerprint density at radius 1 is 0.931 bits per heavy atom. The Hall–Kier alpha value is -3.11. The summed E-state index contributed by atoms with van der Waals surface area (Å²) in [5.41, 5.74) is 4.56. The van der Waals surface area contributed by atoms with Crippen molar-refractivity contribution in [2.24, 2.45) is 0 Å². The predicted octanol–water partition coefficient (Wildman–Crippen LogP) is 2.92. The number of rotatable bonds is 8. The van der Waals surface area contributed by atoms with Crippen molar-refractivity contribution in [3.63, 3.8) is 0 Å². The molecule has 2 atom stereocenters. The number of carbonyl (C=O) groups excluding carboxylic acids is 1. The maximum absolute atomic E-state index is 12.8. The molecule has 0 saturated heterocycles. The fourth-order valence-corrected chi connectivity index (χ4v) is 3.40. The van der Waals surface area contributed by atoms with Crippen LogP contribution in [0.2, 0.25) is 0 Å². The highest BCUT2D eigenvalue weighted by molar-refractivity contribution is 5.78. The molecule has 0 aliphatic carbocycles. The average molecular weight is 390 g/mol. The highest BCUT2D eigenvalue weighted by atomic mass is 16.5. The number of hydrogen-bond donors (Lipinski definition) is 2. The Bertz CT molecular complexity index is 906. The van der Waals surface area contributed by atoms with E-state index in [0.717, 1.165) is 28.3 Å². The zero-order chi connectivity index (χ0) is 20.6. The number of likely N-dealkylation sites (N-methyl/N-ethyl adjacent to an activating group) is 1. The van der Waals surface area contributed by atoms with Gasteiger partial charge in [-0.3, -0.25) is 4.79 Å². The van der Waals surface area contributed by atoms with Crippen LogP contribution in [0.25, 0.3) is 0 Å². The Kier molecular flexibility index (Phi) is 7.04. The Morgan fingerprint density at radius 3 is 2.17 bits per heavy atom. The Labute approximate surface area is 173 Å². The molecule has 0 saturated carbocycles. The molecule has 150 valence electrons. The first-order chi connectivity index (χ1) is 14.0. The van der Waals surface area contributed by atoms with Crippen molar-refractivity contribution in [2.75, 3.05) is 20.7 Å². The second-order valence-corrected chi connectivity index (χ2v) is 7.48. The quantitative estimate of drug-likeness (QED) is 0.622. The molecule has 0 aliphatic heterocycles. The van der Waals surface area contributed by atoms with Gasteiger partial charge < -0.3 is 15.0 Å². The molecule has 0 bridgehead atoms. The zero-order valence-electron chi connectivity index (χ0n) is 17.3. The molecule has 3 aromatic carbocycles. The molecule has 2 N–H and O–H groups in total. The molecule has 0 heterocycles. The topological polar surface area (TPSA) is 42.8 Å². The molecule has 0 spiro atoms. The number of methoxy groups -OCH3 is 1. The predicted molar refractivity (Wildman–Crippen MR) is 116 cm³/mol. The average Bonchev–Trinajstić information content (AvgIpc) is 2.74. The van der Waals surface area contributed by atoms with E-state index in [-0.39, 0.29) is 11.9 Å². The van der Waals surface area contributed by atoms with Crippen LogP contribution in [0.4, 0.5) is 0 Å². The summed E-state index contributed by atoms with van der Waals surface area (Å²) in [6.45, 7) is 3.30. The van der Waals surface area contributed by atoms with Gasteiger partial charge in [0.25, 0.3) is 5.91 Å². The van der Waals surface area contributed by atoms with Gasteiger partial charge in [0.15, 0.2) is 6.54 Å². The van der Waals surface area contributed by atoms with Crippen molar-refractivity contribution < 1.29 is 14.4 Å². The summed E-state index contributed by atoms with van der Waals surface area (Å²) in [6.07, 6.45) is 0. The SMILES string of the molecule is COc1ccc([C@H](NC(=O)C[NH+](C)Cc2ccc(C)cc2)c2ccccc2)cc1. The molecule has 0 fully saturated rings. The van der Waals surface area contributed by atoms with Gasteiger partial charge in [0.1, 0.15) is 12.3 Å². The molecule has 4 nitrogen and oxygen atoms in total. The maximum atomic E-state index is 12.8. The molecule has 1 amide bonds. The van der Waals surface area contributed by atoms with Gasteiger partial charge in [-0.1, -0.05) is 72.3 Å². The number of benzene rings is 3. The highest BCUT2D eigenvalue weighted by Gasteiger charge is 2.19. The smallest absolute Gasteiger partial charge is 0.275 e. The van der Waals surface area contributed by atoms with Crippen LogP contribution < -0.4 is 15.0 Å². The van der Waals surface area contributed by atoms with E-state index in [1.54, 1.807) is 7.11 Å². The minimum Gasteiger partial charge on any atom is -0.497 e. The summed E-state index contributed by atoms with van der Waals surface area (Å²) >= 11 is 0. The normalized spacial score (nSPS) is 12.8. The van der Waals surface area contributed by atoms with Crippen LogP contribution in [0.3, 0.4) is 0 Å². The van der Waals surface area contributed by atoms with Crippen molar-refractivity contribution in [2.45, 2.75) is 19.5 Å². The van der Waals surface area contributed by atoms with Crippen LogP contribution in [-0.2, 0) is 11.3 Å². The second kappa shape index (κ2) is 9.89. The summed E-state index contributed by atoms with van der Waals surface area (Å²) in [5.74, 6) is 0.827. The summed E-state index contributed by atoms with van der Waals surface area (Å²) < 4.78 is 5.26. The van der Waals surface area contributed by atoms with Crippen molar-refractivity contribution in [3.8, 4) is 5.75 Å². The van der Waals surface area contributed by atoms with Crippen LogP contribution >= 0.6 is 0 Å². The van der Waals surface area contributed by atoms with E-state index in [4.69, 9.17) is 4.74 Å². The number of aryl methyl sites for hydroxylation is 1. The van der Waals surface area contributed by atoms with Crippen molar-refractivity contribution in [1.29, 1.82) is 0 Å². The first kappa shape index (κ1) is 20.6. The molecule has 3 aromatic rings. The lowest BCUT2D eigenvalue weighted by Gasteiger charge is -2.21. The van der Waals surface area contributed by atoms with E-state index in [9.17, 15) is 4.79 Å². The van der Waals surface area contributed by atoms with E-state index < -0.39 is 0 Å². The number of amides is 1. The van der Waals surface area contributed by atoms with Crippen LogP contribution in [0.5, 0.6) is 5.75 Å². The second-order valence-electron chi connectivity index (χ2n) is 7.48. The largest absolute Gasteiger partial charge is 0.497 e. The lowest BCUT2D eigenvalue weighted by molar-refractivity contribution is -0.885. The van der Waals surface area contributed by atoms with Crippen LogP contribution in [-0.4, -0.2) is 26.6 Å². The van der Waals surface area contributed by atoms with Crippen LogP contribution in [0, 0.1) is 6.92 Å². The summed E-state index contributed by atoms with van der Waals surface area (Å²) in [7, 11) is 3.70. The summed E-state index contributed by atoms with van der Waals surface area (Å²) in [6, 6.07) is 26.2. The molecular formula is C25H29N2O2+. The highest BCUT2D eigenvalue weighted by Crippen LogP contribution is 2.24. The monoisotopic (exact) mass is 389 g/mol. The number of nitrogens with one attached hydrogen (secondary N) is 2. The molecule has 29 heavy (non-hydrogen) atoms. The number of carbonyl (C=O) groups is 1.